The number of allylic oxidation sites excluding steroid dienone is 1. The number of nitrogens with zero attached hydrogens (tertiary/aromatic N) is 1. The van der Waals surface area contributed by atoms with Gasteiger partial charge in [-0.2, -0.15) is 5.10 Å². The number of carbonyl (C=O) groups is 2. The molecule has 0 aliphatic carbocycles. The molecule has 0 aliphatic heterocycles. The van der Waals surface area contributed by atoms with Crippen LogP contribution in [0.5, 0.6) is 0 Å². The van der Waals surface area contributed by atoms with Crippen LogP contribution in [0.1, 0.15) is 22.8 Å². The van der Waals surface area contributed by atoms with E-state index in [-0.39, 0.29) is 11.6 Å². The smallest absolute Gasteiger partial charge is 0.259 e. The zero-order chi connectivity index (χ0) is 18.9. The van der Waals surface area contributed by atoms with Gasteiger partial charge in [0.25, 0.3) is 11.8 Å². The Bertz CT molecular complexity index is 849. The minimum absolute atomic E-state index is 0.210. The number of rotatable bonds is 6. The highest BCUT2D eigenvalue weighted by atomic mass is 35.5. The maximum atomic E-state index is 12.0. The summed E-state index contributed by atoms with van der Waals surface area (Å²) in [6, 6.07) is 14.2. The van der Waals surface area contributed by atoms with Crippen molar-refractivity contribution in [1.29, 1.82) is 0 Å². The lowest BCUT2D eigenvalue weighted by atomic mass is 10.2. The Labute approximate surface area is 161 Å². The van der Waals surface area contributed by atoms with Crippen LogP contribution in [0.15, 0.2) is 59.7 Å². The molecule has 0 aliphatic rings. The molecule has 134 valence electrons. The lowest BCUT2D eigenvalue weighted by Crippen LogP contribution is -2.35. The minimum atomic E-state index is -0.439. The zero-order valence-electron chi connectivity index (χ0n) is 14.0. The van der Waals surface area contributed by atoms with Gasteiger partial charge in [0.2, 0.25) is 0 Å². The summed E-state index contributed by atoms with van der Waals surface area (Å²) in [7, 11) is 0. The van der Waals surface area contributed by atoms with E-state index in [4.69, 9.17) is 23.2 Å². The largest absolute Gasteiger partial charge is 0.343 e. The van der Waals surface area contributed by atoms with Gasteiger partial charge in [-0.05, 0) is 36.8 Å². The summed E-state index contributed by atoms with van der Waals surface area (Å²) in [5.41, 5.74) is 4.35. The number of benzene rings is 2. The lowest BCUT2D eigenvalue weighted by molar-refractivity contribution is -0.120. The average molecular weight is 390 g/mol. The van der Waals surface area contributed by atoms with Gasteiger partial charge in [0.15, 0.2) is 0 Å². The third-order valence-corrected chi connectivity index (χ3v) is 4.00. The molecule has 0 atom stereocenters. The standard InChI is InChI=1S/C19H17Cl2N3O2/c1-13(7-8-14-5-3-2-4-6-14)23-24-18(25)12-22-19(26)15-9-10-16(20)17(21)11-15/h2-11H,12H2,1H3,(H,22,26)(H,24,25)/b8-7+,23-13+. The highest BCUT2D eigenvalue weighted by molar-refractivity contribution is 6.42. The van der Waals surface area contributed by atoms with E-state index in [9.17, 15) is 9.59 Å². The van der Waals surface area contributed by atoms with Crippen molar-refractivity contribution in [2.24, 2.45) is 5.10 Å². The van der Waals surface area contributed by atoms with Gasteiger partial charge in [-0.15, -0.1) is 0 Å². The molecule has 0 spiro atoms. The fourth-order valence-electron chi connectivity index (χ4n) is 1.91. The normalized spacial score (nSPS) is 11.4. The summed E-state index contributed by atoms with van der Waals surface area (Å²) in [6.45, 7) is 1.55. The molecule has 0 unspecified atom stereocenters. The molecule has 2 amide bonds. The van der Waals surface area contributed by atoms with Crippen LogP contribution in [0.3, 0.4) is 0 Å². The van der Waals surface area contributed by atoms with Crippen LogP contribution >= 0.6 is 23.2 Å². The van der Waals surface area contributed by atoms with Crippen molar-refractivity contribution >= 4 is 46.8 Å². The summed E-state index contributed by atoms with van der Waals surface area (Å²) in [6.07, 6.45) is 3.67. The van der Waals surface area contributed by atoms with Gasteiger partial charge < -0.3 is 5.32 Å². The summed E-state index contributed by atoms with van der Waals surface area (Å²) in [5.74, 6) is -0.866. The Kier molecular flexibility index (Phi) is 7.38. The molecular formula is C19H17Cl2N3O2. The Morgan fingerprint density at radius 3 is 2.50 bits per heavy atom. The second kappa shape index (κ2) is 9.75. The monoisotopic (exact) mass is 389 g/mol. The predicted octanol–water partition coefficient (Wildman–Crippen LogP) is 3.93. The summed E-state index contributed by atoms with van der Waals surface area (Å²) >= 11 is 11.7. The van der Waals surface area contributed by atoms with Gasteiger partial charge >= 0.3 is 0 Å². The van der Waals surface area contributed by atoms with Crippen molar-refractivity contribution in [3.63, 3.8) is 0 Å². The van der Waals surface area contributed by atoms with E-state index in [1.165, 1.54) is 18.2 Å². The van der Waals surface area contributed by atoms with Gasteiger partial charge in [0.1, 0.15) is 0 Å². The first kappa shape index (κ1) is 19.7. The zero-order valence-corrected chi connectivity index (χ0v) is 15.5. The van der Waals surface area contributed by atoms with Crippen LogP contribution in [0.4, 0.5) is 0 Å². The van der Waals surface area contributed by atoms with Crippen molar-refractivity contribution in [2.75, 3.05) is 6.54 Å². The van der Waals surface area contributed by atoms with Crippen LogP contribution in [-0.2, 0) is 4.79 Å². The predicted molar refractivity (Wildman–Crippen MR) is 106 cm³/mol. The third kappa shape index (κ3) is 6.35. The molecule has 0 aromatic heterocycles. The van der Waals surface area contributed by atoms with Gasteiger partial charge in [0.05, 0.1) is 22.3 Å². The number of hydrazone groups is 1. The van der Waals surface area contributed by atoms with Crippen molar-refractivity contribution in [2.45, 2.75) is 6.92 Å². The molecule has 26 heavy (non-hydrogen) atoms. The Hall–Kier alpha value is -2.63. The van der Waals surface area contributed by atoms with E-state index >= 15 is 0 Å². The fourth-order valence-corrected chi connectivity index (χ4v) is 2.21. The number of nitrogens with one attached hydrogen (secondary N) is 2. The van der Waals surface area contributed by atoms with Crippen LogP contribution in [0.2, 0.25) is 10.0 Å². The van der Waals surface area contributed by atoms with E-state index in [1.54, 1.807) is 13.0 Å². The van der Waals surface area contributed by atoms with Gasteiger partial charge in [-0.25, -0.2) is 5.43 Å². The first-order valence-electron chi connectivity index (χ1n) is 7.75. The van der Waals surface area contributed by atoms with E-state index < -0.39 is 11.8 Å². The summed E-state index contributed by atoms with van der Waals surface area (Å²) in [4.78, 5) is 23.7. The quantitative estimate of drug-likeness (QED) is 0.580. The van der Waals surface area contributed by atoms with Crippen LogP contribution in [0.25, 0.3) is 6.08 Å². The van der Waals surface area contributed by atoms with Crippen molar-refractivity contribution < 1.29 is 9.59 Å². The lowest BCUT2D eigenvalue weighted by Gasteiger charge is -2.05. The Morgan fingerprint density at radius 2 is 1.81 bits per heavy atom. The van der Waals surface area contributed by atoms with E-state index in [2.05, 4.69) is 15.8 Å². The molecule has 7 heteroatoms. The number of carbonyl (C=O) groups excluding carboxylic acids is 2. The first-order chi connectivity index (χ1) is 12.5. The molecule has 2 aromatic rings. The van der Waals surface area contributed by atoms with Crippen LogP contribution in [-0.4, -0.2) is 24.1 Å². The molecule has 2 rings (SSSR count). The second-order valence-corrected chi connectivity index (χ2v) is 6.16. The molecule has 0 saturated carbocycles. The number of hydrogen-bond donors (Lipinski definition) is 2. The maximum Gasteiger partial charge on any atom is 0.259 e. The molecule has 5 nitrogen and oxygen atoms in total. The van der Waals surface area contributed by atoms with Crippen LogP contribution in [0, 0.1) is 0 Å². The van der Waals surface area contributed by atoms with E-state index in [0.717, 1.165) is 5.56 Å². The summed E-state index contributed by atoms with van der Waals surface area (Å²) in [5, 5.41) is 7.07. The van der Waals surface area contributed by atoms with E-state index in [1.807, 2.05) is 36.4 Å². The Morgan fingerprint density at radius 1 is 1.08 bits per heavy atom. The average Bonchev–Trinajstić information content (AvgIpc) is 2.65. The second-order valence-electron chi connectivity index (χ2n) is 5.34. The molecular weight excluding hydrogens is 373 g/mol. The summed E-state index contributed by atoms with van der Waals surface area (Å²) < 4.78 is 0. The topological polar surface area (TPSA) is 70.6 Å². The molecule has 0 bridgehead atoms. The van der Waals surface area contributed by atoms with Crippen molar-refractivity contribution in [3.05, 3.63) is 75.8 Å². The SMILES string of the molecule is CC(/C=C/c1ccccc1)=N\NC(=O)CNC(=O)c1ccc(Cl)c(Cl)c1. The van der Waals surface area contributed by atoms with Crippen molar-refractivity contribution in [3.8, 4) is 0 Å². The van der Waals surface area contributed by atoms with Gasteiger partial charge in [-0.3, -0.25) is 9.59 Å². The fraction of sp³-hybridized carbons (Fsp3) is 0.105. The molecule has 2 N–H and O–H groups in total. The highest BCUT2D eigenvalue weighted by Gasteiger charge is 2.09. The van der Waals surface area contributed by atoms with Gasteiger partial charge in [0, 0.05) is 5.56 Å². The molecule has 0 fully saturated rings. The highest BCUT2D eigenvalue weighted by Crippen LogP contribution is 2.22. The number of amides is 2. The van der Waals surface area contributed by atoms with Crippen LogP contribution < -0.4 is 10.7 Å². The Balaban J connectivity index is 1.81. The maximum absolute atomic E-state index is 12.0. The first-order valence-corrected chi connectivity index (χ1v) is 8.51. The molecule has 2 aromatic carbocycles. The third-order valence-electron chi connectivity index (χ3n) is 3.26. The molecule has 0 radical (unpaired) electrons. The minimum Gasteiger partial charge on any atom is -0.343 e. The van der Waals surface area contributed by atoms with E-state index in [0.29, 0.717) is 16.3 Å². The number of halogens is 2. The van der Waals surface area contributed by atoms with Crippen molar-refractivity contribution in [1.82, 2.24) is 10.7 Å². The molecule has 0 saturated heterocycles. The number of hydrogen-bond acceptors (Lipinski definition) is 3. The van der Waals surface area contributed by atoms with Gasteiger partial charge in [-0.1, -0.05) is 59.6 Å². The molecule has 0 heterocycles.